The fraction of sp³-hybridized carbons (Fsp3) is 0.680. The van der Waals surface area contributed by atoms with Gasteiger partial charge in [-0.1, -0.05) is 81.9 Å². The Morgan fingerprint density at radius 1 is 1.00 bits per heavy atom. The van der Waals surface area contributed by atoms with Crippen molar-refractivity contribution in [2.45, 2.75) is 84.6 Å². The standard InChI is InChI=1S/C25H43N3OS2/c1-7-19(8-2)17(5)24(20(9-3)10-4)18(6)28-23(26)15-16-30-31-22-13-11-21(12-14-22)25(27)29/h11-14,17-20,24H,7-10,15-16H2,1-6H3,(H2,26,28)(H2,27,29). The lowest BCUT2D eigenvalue weighted by Gasteiger charge is -2.40. The van der Waals surface area contributed by atoms with Crippen LogP contribution in [0.3, 0.4) is 0 Å². The number of amides is 1. The number of nitrogens with one attached hydrogen (secondary N) is 2. The molecule has 0 spiro atoms. The summed E-state index contributed by atoms with van der Waals surface area (Å²) in [7, 11) is 3.41. The Kier molecular flexibility index (Phi) is 13.3. The third-order valence-corrected chi connectivity index (χ3v) is 9.09. The van der Waals surface area contributed by atoms with E-state index in [1.165, 1.54) is 25.7 Å². The van der Waals surface area contributed by atoms with Crippen molar-refractivity contribution in [2.24, 2.45) is 29.4 Å². The Hall–Kier alpha value is -1.14. The SMILES string of the molecule is CCC(CC)C(C)C(C(CC)CC)C(C)NC(=N)CCSSc1ccc(C(N)=O)cc1. The van der Waals surface area contributed by atoms with Gasteiger partial charge in [-0.05, 0) is 54.9 Å². The summed E-state index contributed by atoms with van der Waals surface area (Å²) < 4.78 is 0. The van der Waals surface area contributed by atoms with Crippen LogP contribution in [0.5, 0.6) is 0 Å². The summed E-state index contributed by atoms with van der Waals surface area (Å²) in [6.07, 6.45) is 5.59. The average Bonchev–Trinajstić information content (AvgIpc) is 2.75. The number of hydrogen-bond donors (Lipinski definition) is 3. The number of primary amides is 1. The van der Waals surface area contributed by atoms with Crippen LogP contribution in [0, 0.1) is 29.1 Å². The zero-order valence-electron chi connectivity index (χ0n) is 20.2. The van der Waals surface area contributed by atoms with E-state index < -0.39 is 5.91 Å². The zero-order chi connectivity index (χ0) is 23.4. The second-order valence-electron chi connectivity index (χ2n) is 8.55. The summed E-state index contributed by atoms with van der Waals surface area (Å²) in [4.78, 5) is 12.3. The predicted octanol–water partition coefficient (Wildman–Crippen LogP) is 7.00. The molecule has 0 saturated heterocycles. The van der Waals surface area contributed by atoms with Crippen molar-refractivity contribution in [3.8, 4) is 0 Å². The van der Waals surface area contributed by atoms with E-state index in [0.29, 0.717) is 35.2 Å². The van der Waals surface area contributed by atoms with E-state index in [4.69, 9.17) is 11.1 Å². The molecule has 0 aliphatic heterocycles. The van der Waals surface area contributed by atoms with Gasteiger partial charge in [0.05, 0.1) is 5.84 Å². The van der Waals surface area contributed by atoms with Crippen LogP contribution in [0.25, 0.3) is 0 Å². The molecule has 1 rings (SSSR count). The Morgan fingerprint density at radius 3 is 2.03 bits per heavy atom. The van der Waals surface area contributed by atoms with Gasteiger partial charge in [0.15, 0.2) is 0 Å². The Bertz CT molecular complexity index is 657. The number of carbonyl (C=O) groups is 1. The van der Waals surface area contributed by atoms with E-state index in [2.05, 4.69) is 46.9 Å². The predicted molar refractivity (Wildman–Crippen MR) is 139 cm³/mol. The molecular formula is C25H43N3OS2. The molecule has 0 radical (unpaired) electrons. The average molecular weight is 466 g/mol. The Labute approximate surface area is 198 Å². The number of hydrogen-bond acceptors (Lipinski definition) is 4. The maximum Gasteiger partial charge on any atom is 0.248 e. The minimum atomic E-state index is -0.400. The maximum absolute atomic E-state index is 11.2. The van der Waals surface area contributed by atoms with Crippen molar-refractivity contribution in [3.63, 3.8) is 0 Å². The highest BCUT2D eigenvalue weighted by Gasteiger charge is 2.33. The fourth-order valence-corrected chi connectivity index (χ4v) is 6.84. The van der Waals surface area contributed by atoms with Gasteiger partial charge in [-0.2, -0.15) is 0 Å². The quantitative estimate of drug-likeness (QED) is 0.113. The third-order valence-electron chi connectivity index (χ3n) is 6.70. The van der Waals surface area contributed by atoms with Crippen LogP contribution in [0.1, 0.15) is 84.0 Å². The molecule has 4 N–H and O–H groups in total. The zero-order valence-corrected chi connectivity index (χ0v) is 21.9. The lowest BCUT2D eigenvalue weighted by molar-refractivity contribution is 0.1000. The smallest absolute Gasteiger partial charge is 0.248 e. The maximum atomic E-state index is 11.2. The minimum absolute atomic E-state index is 0.312. The fourth-order valence-electron chi connectivity index (χ4n) is 4.84. The first-order chi connectivity index (χ1) is 14.8. The first kappa shape index (κ1) is 27.9. The molecule has 0 aliphatic carbocycles. The van der Waals surface area contributed by atoms with Gasteiger partial charge in [0.2, 0.25) is 5.91 Å². The molecule has 4 nitrogen and oxygen atoms in total. The normalized spacial score (nSPS) is 14.5. The lowest BCUT2D eigenvalue weighted by atomic mass is 9.69. The van der Waals surface area contributed by atoms with Gasteiger partial charge in [-0.3, -0.25) is 10.2 Å². The van der Waals surface area contributed by atoms with Crippen LogP contribution in [-0.2, 0) is 0 Å². The van der Waals surface area contributed by atoms with E-state index in [1.54, 1.807) is 33.7 Å². The molecule has 0 heterocycles. The molecule has 1 amide bonds. The molecule has 6 heteroatoms. The molecular weight excluding hydrogens is 422 g/mol. The molecule has 1 aromatic carbocycles. The highest BCUT2D eigenvalue weighted by molar-refractivity contribution is 8.76. The van der Waals surface area contributed by atoms with Crippen LogP contribution in [0.2, 0.25) is 0 Å². The molecule has 0 bridgehead atoms. The van der Waals surface area contributed by atoms with Crippen LogP contribution in [0.15, 0.2) is 29.2 Å². The number of carbonyl (C=O) groups excluding carboxylic acids is 1. The van der Waals surface area contributed by atoms with Gasteiger partial charge in [-0.15, -0.1) is 0 Å². The molecule has 31 heavy (non-hydrogen) atoms. The highest BCUT2D eigenvalue weighted by Crippen LogP contribution is 2.36. The van der Waals surface area contributed by atoms with E-state index in [0.717, 1.165) is 23.0 Å². The van der Waals surface area contributed by atoms with Gasteiger partial charge in [0.25, 0.3) is 0 Å². The second kappa shape index (κ2) is 14.8. The van der Waals surface area contributed by atoms with Gasteiger partial charge in [0, 0.05) is 28.7 Å². The summed E-state index contributed by atoms with van der Waals surface area (Å²) in [5.74, 6) is 3.80. The van der Waals surface area contributed by atoms with E-state index >= 15 is 0 Å². The van der Waals surface area contributed by atoms with Crippen LogP contribution < -0.4 is 11.1 Å². The van der Waals surface area contributed by atoms with Gasteiger partial charge in [0.1, 0.15) is 0 Å². The molecule has 1 aromatic rings. The third kappa shape index (κ3) is 9.09. The molecule has 176 valence electrons. The Balaban J connectivity index is 2.57. The molecule has 0 aliphatic rings. The van der Waals surface area contributed by atoms with Crippen molar-refractivity contribution < 1.29 is 4.79 Å². The first-order valence-electron chi connectivity index (χ1n) is 11.8. The van der Waals surface area contributed by atoms with Crippen molar-refractivity contribution in [3.05, 3.63) is 29.8 Å². The summed E-state index contributed by atoms with van der Waals surface area (Å²) in [5, 5.41) is 12.0. The van der Waals surface area contributed by atoms with Crippen LogP contribution >= 0.6 is 21.6 Å². The topological polar surface area (TPSA) is 79.0 Å². The molecule has 0 aromatic heterocycles. The van der Waals surface area contributed by atoms with Crippen molar-refractivity contribution in [2.75, 3.05) is 5.75 Å². The number of nitrogens with two attached hydrogens (primary N) is 1. The van der Waals surface area contributed by atoms with Crippen molar-refractivity contribution in [1.29, 1.82) is 5.41 Å². The molecule has 0 saturated carbocycles. The molecule has 0 fully saturated rings. The largest absolute Gasteiger partial charge is 0.371 e. The second-order valence-corrected chi connectivity index (χ2v) is 11.0. The Morgan fingerprint density at radius 2 is 1.55 bits per heavy atom. The lowest BCUT2D eigenvalue weighted by Crippen LogP contribution is -2.45. The molecule has 3 unspecified atom stereocenters. The van der Waals surface area contributed by atoms with E-state index in [1.807, 2.05) is 12.1 Å². The summed E-state index contributed by atoms with van der Waals surface area (Å²) in [6, 6.07) is 7.67. The number of amidine groups is 1. The number of rotatable bonds is 15. The summed E-state index contributed by atoms with van der Waals surface area (Å²) >= 11 is 0. The minimum Gasteiger partial charge on any atom is -0.371 e. The van der Waals surface area contributed by atoms with Crippen LogP contribution in [-0.4, -0.2) is 23.5 Å². The highest BCUT2D eigenvalue weighted by atomic mass is 33.1. The summed E-state index contributed by atoms with van der Waals surface area (Å²) in [5.41, 5.74) is 5.82. The first-order valence-corrected chi connectivity index (χ1v) is 14.1. The van der Waals surface area contributed by atoms with E-state index in [9.17, 15) is 4.79 Å². The van der Waals surface area contributed by atoms with Crippen molar-refractivity contribution >= 4 is 33.3 Å². The van der Waals surface area contributed by atoms with E-state index in [-0.39, 0.29) is 0 Å². The van der Waals surface area contributed by atoms with Gasteiger partial charge < -0.3 is 11.1 Å². The van der Waals surface area contributed by atoms with Crippen molar-refractivity contribution in [1.82, 2.24) is 5.32 Å². The number of benzene rings is 1. The molecule has 3 atom stereocenters. The summed E-state index contributed by atoms with van der Waals surface area (Å²) in [6.45, 7) is 13.9. The van der Waals surface area contributed by atoms with Crippen LogP contribution in [0.4, 0.5) is 0 Å². The monoisotopic (exact) mass is 465 g/mol. The van der Waals surface area contributed by atoms with Gasteiger partial charge >= 0.3 is 0 Å². The van der Waals surface area contributed by atoms with Gasteiger partial charge in [-0.25, -0.2) is 0 Å².